The zero-order chi connectivity index (χ0) is 20.4. The van der Waals surface area contributed by atoms with Gasteiger partial charge in [-0.15, -0.1) is 0 Å². The SMILES string of the molecule is COCCNc1nc2c(C)cccn2c(=O)c1/C=C1/SC(=S)N(C(C)C)C1=O. The number of nitrogens with zero attached hydrogens (tertiary/aromatic N) is 3. The highest BCUT2D eigenvalue weighted by Gasteiger charge is 2.34. The van der Waals surface area contributed by atoms with Gasteiger partial charge in [0.05, 0.1) is 17.1 Å². The largest absolute Gasteiger partial charge is 0.383 e. The topological polar surface area (TPSA) is 75.9 Å². The average molecular weight is 419 g/mol. The van der Waals surface area contributed by atoms with Crippen LogP contribution in [-0.2, 0) is 9.53 Å². The Morgan fingerprint density at radius 2 is 2.14 bits per heavy atom. The Balaban J connectivity index is 2.15. The van der Waals surface area contributed by atoms with E-state index < -0.39 is 0 Å². The maximum Gasteiger partial charge on any atom is 0.267 e. The molecule has 0 atom stereocenters. The molecule has 0 unspecified atom stereocenters. The molecule has 1 aliphatic rings. The van der Waals surface area contributed by atoms with Crippen molar-refractivity contribution in [3.8, 4) is 0 Å². The molecule has 2 aromatic rings. The van der Waals surface area contributed by atoms with E-state index in [1.807, 2.05) is 26.8 Å². The number of anilines is 1. The fraction of sp³-hybridized carbons (Fsp3) is 0.368. The van der Waals surface area contributed by atoms with Crippen LogP contribution < -0.4 is 10.9 Å². The molecule has 1 fully saturated rings. The molecular formula is C19H22N4O3S2. The van der Waals surface area contributed by atoms with Crippen LogP contribution in [0.15, 0.2) is 28.0 Å². The number of ether oxygens (including phenoxy) is 1. The molecule has 1 amide bonds. The molecule has 2 aromatic heterocycles. The van der Waals surface area contributed by atoms with E-state index >= 15 is 0 Å². The number of thiocarbonyl (C=S) groups is 1. The molecule has 148 valence electrons. The van der Waals surface area contributed by atoms with Gasteiger partial charge in [-0.25, -0.2) is 4.98 Å². The lowest BCUT2D eigenvalue weighted by Crippen LogP contribution is -2.34. The molecule has 9 heteroatoms. The number of aromatic nitrogens is 2. The predicted octanol–water partition coefficient (Wildman–Crippen LogP) is 2.67. The fourth-order valence-electron chi connectivity index (χ4n) is 2.90. The first kappa shape index (κ1) is 20.5. The van der Waals surface area contributed by atoms with E-state index in [1.165, 1.54) is 16.2 Å². The van der Waals surface area contributed by atoms with Crippen molar-refractivity contribution >= 4 is 51.7 Å². The van der Waals surface area contributed by atoms with Crippen molar-refractivity contribution in [1.29, 1.82) is 0 Å². The predicted molar refractivity (Wildman–Crippen MR) is 117 cm³/mol. The number of nitrogens with one attached hydrogen (secondary N) is 1. The quantitative estimate of drug-likeness (QED) is 0.439. The van der Waals surface area contributed by atoms with Crippen molar-refractivity contribution in [1.82, 2.24) is 14.3 Å². The molecule has 0 saturated carbocycles. The number of rotatable bonds is 6. The number of fused-ring (bicyclic) bond motifs is 1. The van der Waals surface area contributed by atoms with Gasteiger partial charge in [-0.05, 0) is 38.5 Å². The molecule has 0 aliphatic carbocycles. The Morgan fingerprint density at radius 1 is 1.39 bits per heavy atom. The number of methoxy groups -OCH3 is 1. The van der Waals surface area contributed by atoms with Gasteiger partial charge in [-0.1, -0.05) is 30.0 Å². The summed E-state index contributed by atoms with van der Waals surface area (Å²) in [5.41, 5.74) is 1.53. The van der Waals surface area contributed by atoms with Crippen LogP contribution in [0.1, 0.15) is 25.0 Å². The van der Waals surface area contributed by atoms with E-state index in [0.717, 1.165) is 5.56 Å². The molecule has 0 bridgehead atoms. The maximum absolute atomic E-state index is 13.2. The summed E-state index contributed by atoms with van der Waals surface area (Å²) >= 11 is 6.53. The van der Waals surface area contributed by atoms with Gasteiger partial charge in [0, 0.05) is 25.9 Å². The average Bonchev–Trinajstić information content (AvgIpc) is 2.92. The van der Waals surface area contributed by atoms with E-state index in [4.69, 9.17) is 17.0 Å². The third kappa shape index (κ3) is 3.82. The summed E-state index contributed by atoms with van der Waals surface area (Å²) in [6.45, 7) is 6.65. The Hall–Kier alpha value is -2.23. The van der Waals surface area contributed by atoms with Gasteiger partial charge < -0.3 is 10.1 Å². The Kier molecular flexibility index (Phi) is 6.17. The van der Waals surface area contributed by atoms with Gasteiger partial charge in [0.1, 0.15) is 15.8 Å². The molecule has 1 saturated heterocycles. The van der Waals surface area contributed by atoms with Crippen molar-refractivity contribution in [2.45, 2.75) is 26.8 Å². The lowest BCUT2D eigenvalue weighted by atomic mass is 10.2. The number of carbonyl (C=O) groups is 1. The number of aryl methyl sites for hydroxylation is 1. The molecule has 0 aromatic carbocycles. The van der Waals surface area contributed by atoms with Gasteiger partial charge in [0.25, 0.3) is 11.5 Å². The van der Waals surface area contributed by atoms with Crippen LogP contribution >= 0.6 is 24.0 Å². The van der Waals surface area contributed by atoms with Crippen molar-refractivity contribution in [3.63, 3.8) is 0 Å². The van der Waals surface area contributed by atoms with Crippen LogP contribution in [0.5, 0.6) is 0 Å². The van der Waals surface area contributed by atoms with Crippen molar-refractivity contribution in [2.75, 3.05) is 25.6 Å². The summed E-state index contributed by atoms with van der Waals surface area (Å²) in [5, 5.41) is 3.15. The van der Waals surface area contributed by atoms with E-state index in [-0.39, 0.29) is 17.5 Å². The van der Waals surface area contributed by atoms with E-state index in [0.29, 0.717) is 39.4 Å². The van der Waals surface area contributed by atoms with Gasteiger partial charge in [-0.3, -0.25) is 18.9 Å². The van der Waals surface area contributed by atoms with Crippen LogP contribution in [0.3, 0.4) is 0 Å². The van der Waals surface area contributed by atoms with Crippen LogP contribution in [0.2, 0.25) is 0 Å². The molecule has 0 spiro atoms. The normalized spacial score (nSPS) is 16.0. The smallest absolute Gasteiger partial charge is 0.267 e. The van der Waals surface area contributed by atoms with Gasteiger partial charge in [0.2, 0.25) is 0 Å². The minimum atomic E-state index is -0.247. The first-order valence-electron chi connectivity index (χ1n) is 8.87. The highest BCUT2D eigenvalue weighted by atomic mass is 32.2. The van der Waals surface area contributed by atoms with Gasteiger partial charge in [-0.2, -0.15) is 0 Å². The fourth-order valence-corrected chi connectivity index (χ4v) is 4.41. The van der Waals surface area contributed by atoms with Crippen LogP contribution in [0, 0.1) is 6.92 Å². The number of carbonyl (C=O) groups excluding carboxylic acids is 1. The first-order valence-corrected chi connectivity index (χ1v) is 10.1. The lowest BCUT2D eigenvalue weighted by molar-refractivity contribution is -0.123. The third-order valence-electron chi connectivity index (χ3n) is 4.30. The molecule has 3 rings (SSSR count). The van der Waals surface area contributed by atoms with Crippen molar-refractivity contribution < 1.29 is 9.53 Å². The summed E-state index contributed by atoms with van der Waals surface area (Å²) in [4.78, 5) is 32.5. The summed E-state index contributed by atoms with van der Waals surface area (Å²) in [5.74, 6) is 0.229. The standard InChI is InChI=1S/C19H22N4O3S2/c1-11(2)23-18(25)14(28-19(23)27)10-13-15(20-7-9-26-4)21-16-12(3)6-5-8-22(16)17(13)24/h5-6,8,10-11,20H,7,9H2,1-4H3/b14-10+. The summed E-state index contributed by atoms with van der Waals surface area (Å²) in [7, 11) is 1.60. The molecular weight excluding hydrogens is 396 g/mol. The molecule has 28 heavy (non-hydrogen) atoms. The van der Waals surface area contributed by atoms with E-state index in [1.54, 1.807) is 30.3 Å². The number of pyridine rings is 1. The maximum atomic E-state index is 13.2. The second kappa shape index (κ2) is 8.42. The molecule has 3 heterocycles. The molecule has 0 radical (unpaired) electrons. The summed E-state index contributed by atoms with van der Waals surface area (Å²) in [6, 6.07) is 3.65. The summed E-state index contributed by atoms with van der Waals surface area (Å²) < 4.78 is 7.06. The number of hydrogen-bond donors (Lipinski definition) is 1. The monoisotopic (exact) mass is 418 g/mol. The summed E-state index contributed by atoms with van der Waals surface area (Å²) in [6.07, 6.45) is 3.26. The van der Waals surface area contributed by atoms with Gasteiger partial charge >= 0.3 is 0 Å². The number of hydrogen-bond acceptors (Lipinski definition) is 7. The van der Waals surface area contributed by atoms with E-state index in [2.05, 4.69) is 10.3 Å². The molecule has 7 nitrogen and oxygen atoms in total. The van der Waals surface area contributed by atoms with Crippen LogP contribution in [0.4, 0.5) is 5.82 Å². The van der Waals surface area contributed by atoms with Gasteiger partial charge in [0.15, 0.2) is 0 Å². The lowest BCUT2D eigenvalue weighted by Gasteiger charge is -2.18. The van der Waals surface area contributed by atoms with Crippen molar-refractivity contribution in [2.24, 2.45) is 0 Å². The second-order valence-electron chi connectivity index (χ2n) is 6.63. The highest BCUT2D eigenvalue weighted by Crippen LogP contribution is 2.34. The number of amides is 1. The molecule has 1 N–H and O–H groups in total. The third-order valence-corrected chi connectivity index (χ3v) is 5.63. The second-order valence-corrected chi connectivity index (χ2v) is 8.30. The Bertz CT molecular complexity index is 1030. The zero-order valence-corrected chi connectivity index (χ0v) is 17.8. The molecule has 1 aliphatic heterocycles. The highest BCUT2D eigenvalue weighted by molar-refractivity contribution is 8.26. The van der Waals surface area contributed by atoms with Crippen LogP contribution in [0.25, 0.3) is 11.7 Å². The Morgan fingerprint density at radius 3 is 2.79 bits per heavy atom. The minimum absolute atomic E-state index is 0.0452. The Labute approximate surface area is 172 Å². The van der Waals surface area contributed by atoms with E-state index in [9.17, 15) is 9.59 Å². The first-order chi connectivity index (χ1) is 13.3. The minimum Gasteiger partial charge on any atom is -0.383 e. The van der Waals surface area contributed by atoms with Crippen molar-refractivity contribution in [3.05, 3.63) is 44.7 Å². The number of thioether (sulfide) groups is 1. The zero-order valence-electron chi connectivity index (χ0n) is 16.2. The van der Waals surface area contributed by atoms with Crippen LogP contribution in [-0.4, -0.2) is 50.8 Å².